The van der Waals surface area contributed by atoms with Crippen molar-refractivity contribution in [3.8, 4) is 11.5 Å². The number of ether oxygens (including phenoxy) is 2. The molecule has 27 heavy (non-hydrogen) atoms. The normalized spacial score (nSPS) is 10.6. The van der Waals surface area contributed by atoms with Crippen LogP contribution in [0.3, 0.4) is 0 Å². The van der Waals surface area contributed by atoms with E-state index in [1.165, 1.54) is 13.8 Å². The number of hydrogen-bond donors (Lipinski definition) is 0. The van der Waals surface area contributed by atoms with Gasteiger partial charge in [0.1, 0.15) is 23.0 Å². The van der Waals surface area contributed by atoms with Gasteiger partial charge < -0.3 is 18.3 Å². The number of aryl methyl sites for hydroxylation is 2. The Balaban J connectivity index is 2.74. The molecule has 0 N–H and O–H groups in total. The van der Waals surface area contributed by atoms with E-state index in [-0.39, 0.29) is 40.6 Å². The standard InChI is InChI=1S/C19H20O8/c1-8-10(3)24-18(22)14(16(8)26-12(5)20)7-15-17(27-13(6)21)9(2)11(4)25-19(15)23/h7H2,1-6H3. The zero-order chi connectivity index (χ0) is 20.5. The summed E-state index contributed by atoms with van der Waals surface area (Å²) in [7, 11) is 0. The molecular formula is C19H20O8. The maximum atomic E-state index is 12.4. The molecule has 0 amide bonds. The van der Waals surface area contributed by atoms with Crippen molar-refractivity contribution in [3.63, 3.8) is 0 Å². The smallest absolute Gasteiger partial charge is 0.343 e. The number of rotatable bonds is 4. The first kappa shape index (κ1) is 20.2. The van der Waals surface area contributed by atoms with Crippen LogP contribution < -0.4 is 20.7 Å². The Hall–Kier alpha value is -3.16. The highest BCUT2D eigenvalue weighted by Gasteiger charge is 2.24. The third kappa shape index (κ3) is 4.16. The van der Waals surface area contributed by atoms with Crippen LogP contribution in [0.5, 0.6) is 11.5 Å². The van der Waals surface area contributed by atoms with Gasteiger partial charge >= 0.3 is 23.2 Å². The summed E-state index contributed by atoms with van der Waals surface area (Å²) in [5.74, 6) is -0.654. The summed E-state index contributed by atoms with van der Waals surface area (Å²) < 4.78 is 20.7. The molecule has 2 aromatic rings. The first-order valence-electron chi connectivity index (χ1n) is 8.16. The summed E-state index contributed by atoms with van der Waals surface area (Å²) in [6.45, 7) is 8.75. The lowest BCUT2D eigenvalue weighted by Crippen LogP contribution is -2.21. The molecule has 0 radical (unpaired) electrons. The van der Waals surface area contributed by atoms with E-state index in [0.717, 1.165) is 0 Å². The third-order valence-corrected chi connectivity index (χ3v) is 4.12. The summed E-state index contributed by atoms with van der Waals surface area (Å²) in [4.78, 5) is 47.7. The second-order valence-electron chi connectivity index (χ2n) is 6.12. The Labute approximate surface area is 154 Å². The molecule has 0 spiro atoms. The minimum atomic E-state index is -0.763. The molecule has 0 aliphatic heterocycles. The monoisotopic (exact) mass is 376 g/mol. The van der Waals surface area contributed by atoms with E-state index in [4.69, 9.17) is 18.3 Å². The van der Waals surface area contributed by atoms with Crippen molar-refractivity contribution in [2.24, 2.45) is 0 Å². The third-order valence-electron chi connectivity index (χ3n) is 4.12. The zero-order valence-corrected chi connectivity index (χ0v) is 16.0. The SMILES string of the molecule is CC(=O)Oc1c(C)c(C)oc(=O)c1Cc1c(OC(C)=O)c(C)c(C)oc1=O. The minimum absolute atomic E-state index is 0.0163. The summed E-state index contributed by atoms with van der Waals surface area (Å²) >= 11 is 0. The van der Waals surface area contributed by atoms with Crippen molar-refractivity contribution in [1.29, 1.82) is 0 Å². The average Bonchev–Trinajstić information content (AvgIpc) is 2.55. The Morgan fingerprint density at radius 1 is 0.741 bits per heavy atom. The van der Waals surface area contributed by atoms with E-state index in [1.54, 1.807) is 27.7 Å². The maximum absolute atomic E-state index is 12.4. The molecule has 0 atom stereocenters. The van der Waals surface area contributed by atoms with Gasteiger partial charge in [0.2, 0.25) is 0 Å². The fourth-order valence-corrected chi connectivity index (χ4v) is 2.56. The topological polar surface area (TPSA) is 113 Å². The highest BCUT2D eigenvalue weighted by atomic mass is 16.5. The molecule has 0 bridgehead atoms. The number of hydrogen-bond acceptors (Lipinski definition) is 8. The molecule has 144 valence electrons. The first-order valence-corrected chi connectivity index (χ1v) is 8.16. The van der Waals surface area contributed by atoms with Crippen molar-refractivity contribution in [2.45, 2.75) is 48.0 Å². The second kappa shape index (κ2) is 7.61. The van der Waals surface area contributed by atoms with Crippen LogP contribution >= 0.6 is 0 Å². The zero-order valence-electron chi connectivity index (χ0n) is 16.0. The van der Waals surface area contributed by atoms with Crippen LogP contribution in [0, 0.1) is 27.7 Å². The Kier molecular flexibility index (Phi) is 5.68. The number of esters is 2. The summed E-state index contributed by atoms with van der Waals surface area (Å²) in [5.41, 5.74) is -0.722. The van der Waals surface area contributed by atoms with E-state index >= 15 is 0 Å². The minimum Gasteiger partial charge on any atom is -0.427 e. The second-order valence-corrected chi connectivity index (χ2v) is 6.12. The maximum Gasteiger partial charge on any atom is 0.343 e. The Morgan fingerprint density at radius 3 is 1.37 bits per heavy atom. The Morgan fingerprint density at radius 2 is 1.07 bits per heavy atom. The van der Waals surface area contributed by atoms with Gasteiger partial charge in [0.15, 0.2) is 0 Å². The molecule has 0 saturated carbocycles. The molecule has 0 saturated heterocycles. The van der Waals surface area contributed by atoms with E-state index in [2.05, 4.69) is 0 Å². The van der Waals surface area contributed by atoms with Crippen molar-refractivity contribution in [3.05, 3.63) is 54.6 Å². The fourth-order valence-electron chi connectivity index (χ4n) is 2.56. The molecule has 8 nitrogen and oxygen atoms in total. The molecule has 2 heterocycles. The summed E-state index contributed by atoms with van der Waals surface area (Å²) in [5, 5.41) is 0. The highest BCUT2D eigenvalue weighted by Crippen LogP contribution is 2.30. The average molecular weight is 376 g/mol. The van der Waals surface area contributed by atoms with Crippen LogP contribution in [0.25, 0.3) is 0 Å². The molecule has 2 rings (SSSR count). The number of carbonyl (C=O) groups excluding carboxylic acids is 2. The lowest BCUT2D eigenvalue weighted by molar-refractivity contribution is -0.132. The summed E-state index contributed by atoms with van der Waals surface area (Å²) in [6, 6.07) is 0. The van der Waals surface area contributed by atoms with Crippen LogP contribution in [-0.4, -0.2) is 11.9 Å². The first-order chi connectivity index (χ1) is 12.5. The predicted molar refractivity (Wildman–Crippen MR) is 94.3 cm³/mol. The van der Waals surface area contributed by atoms with Gasteiger partial charge in [-0.05, 0) is 27.7 Å². The highest BCUT2D eigenvalue weighted by molar-refractivity contribution is 5.71. The van der Waals surface area contributed by atoms with Crippen LogP contribution in [-0.2, 0) is 16.0 Å². The van der Waals surface area contributed by atoms with Crippen LogP contribution in [0.2, 0.25) is 0 Å². The van der Waals surface area contributed by atoms with Gasteiger partial charge in [0.05, 0.1) is 11.1 Å². The van der Waals surface area contributed by atoms with Gasteiger partial charge in [-0.3, -0.25) is 9.59 Å². The molecule has 0 unspecified atom stereocenters. The molecule has 0 aromatic carbocycles. The fraction of sp³-hybridized carbons (Fsp3) is 0.368. The van der Waals surface area contributed by atoms with Gasteiger partial charge in [-0.15, -0.1) is 0 Å². The van der Waals surface area contributed by atoms with Crippen molar-refractivity contribution >= 4 is 11.9 Å². The molecule has 8 heteroatoms. The van der Waals surface area contributed by atoms with E-state index in [1.807, 2.05) is 0 Å². The lowest BCUT2D eigenvalue weighted by atomic mass is 10.0. The van der Waals surface area contributed by atoms with Gasteiger partial charge in [0, 0.05) is 31.4 Å². The quantitative estimate of drug-likeness (QED) is 0.747. The van der Waals surface area contributed by atoms with Gasteiger partial charge in [-0.2, -0.15) is 0 Å². The Bertz CT molecular complexity index is 956. The predicted octanol–water partition coefficient (Wildman–Crippen LogP) is 2.27. The van der Waals surface area contributed by atoms with Gasteiger partial charge in [0.25, 0.3) is 0 Å². The van der Waals surface area contributed by atoms with Crippen molar-refractivity contribution in [1.82, 2.24) is 0 Å². The summed E-state index contributed by atoms with van der Waals surface area (Å²) in [6.07, 6.45) is -0.294. The van der Waals surface area contributed by atoms with Crippen LogP contribution in [0.4, 0.5) is 0 Å². The molecule has 0 fully saturated rings. The van der Waals surface area contributed by atoms with Gasteiger partial charge in [-0.25, -0.2) is 9.59 Å². The van der Waals surface area contributed by atoms with Crippen LogP contribution in [0.1, 0.15) is 47.6 Å². The molecular weight excluding hydrogens is 356 g/mol. The largest absolute Gasteiger partial charge is 0.427 e. The molecule has 2 aromatic heterocycles. The van der Waals surface area contributed by atoms with E-state index < -0.39 is 23.2 Å². The van der Waals surface area contributed by atoms with Gasteiger partial charge in [-0.1, -0.05) is 0 Å². The number of carbonyl (C=O) groups is 2. The molecule has 0 aliphatic carbocycles. The van der Waals surface area contributed by atoms with Crippen molar-refractivity contribution < 1.29 is 27.9 Å². The molecule has 0 aliphatic rings. The van der Waals surface area contributed by atoms with E-state index in [9.17, 15) is 19.2 Å². The van der Waals surface area contributed by atoms with Crippen molar-refractivity contribution in [2.75, 3.05) is 0 Å². The van der Waals surface area contributed by atoms with Crippen LogP contribution in [0.15, 0.2) is 18.4 Å². The lowest BCUT2D eigenvalue weighted by Gasteiger charge is -2.15. The van der Waals surface area contributed by atoms with E-state index in [0.29, 0.717) is 11.1 Å².